The number of nitrogens with one attached hydrogen (secondary N) is 1. The lowest BCUT2D eigenvalue weighted by Crippen LogP contribution is -2.19. The second kappa shape index (κ2) is 8.02. The fraction of sp³-hybridized carbons (Fsp3) is 0.357. The van der Waals surface area contributed by atoms with E-state index < -0.39 is 6.09 Å². The fourth-order valence-electron chi connectivity index (χ4n) is 1.65. The molecule has 19 heavy (non-hydrogen) atoms. The van der Waals surface area contributed by atoms with Crippen molar-refractivity contribution in [3.05, 3.63) is 35.9 Å². The molecule has 0 unspecified atom stereocenters. The van der Waals surface area contributed by atoms with E-state index in [-0.39, 0.29) is 18.0 Å². The molecule has 0 atom stereocenters. The maximum absolute atomic E-state index is 10.5. The summed E-state index contributed by atoms with van der Waals surface area (Å²) in [4.78, 5) is 31.0. The van der Waals surface area contributed by atoms with Crippen LogP contribution in [-0.4, -0.2) is 22.8 Å². The van der Waals surface area contributed by atoms with Gasteiger partial charge in [0, 0.05) is 19.4 Å². The van der Waals surface area contributed by atoms with Crippen LogP contribution in [0.25, 0.3) is 0 Å². The molecule has 0 aliphatic heterocycles. The molecule has 1 aromatic rings. The van der Waals surface area contributed by atoms with Crippen molar-refractivity contribution >= 4 is 17.7 Å². The molecule has 1 aromatic carbocycles. The average Bonchev–Trinajstić information content (AvgIpc) is 2.38. The molecular weight excluding hydrogens is 246 g/mol. The number of Topliss-reactive ketones (excluding diaryl/α,β-unsaturated/α-hetero) is 2. The first-order valence-electron chi connectivity index (χ1n) is 6.12. The third-order valence-electron chi connectivity index (χ3n) is 2.59. The van der Waals surface area contributed by atoms with Crippen molar-refractivity contribution < 1.29 is 19.5 Å². The Labute approximate surface area is 111 Å². The number of hydrogen-bond donors (Lipinski definition) is 2. The molecule has 1 amide bonds. The predicted octanol–water partition coefficient (Wildman–Crippen LogP) is 2.15. The van der Waals surface area contributed by atoms with E-state index in [4.69, 9.17) is 5.11 Å². The number of ketones is 2. The molecule has 0 radical (unpaired) electrons. The summed E-state index contributed by atoms with van der Waals surface area (Å²) in [7, 11) is 0. The first-order chi connectivity index (χ1) is 9.08. The van der Waals surface area contributed by atoms with Gasteiger partial charge in [-0.3, -0.25) is 9.59 Å². The first-order valence-corrected chi connectivity index (χ1v) is 6.12. The van der Waals surface area contributed by atoms with Crippen molar-refractivity contribution in [2.45, 2.75) is 32.2 Å². The van der Waals surface area contributed by atoms with E-state index in [9.17, 15) is 14.4 Å². The number of rotatable bonds is 2. The zero-order valence-corrected chi connectivity index (χ0v) is 10.6. The van der Waals surface area contributed by atoms with Crippen molar-refractivity contribution in [1.82, 2.24) is 5.32 Å². The van der Waals surface area contributed by atoms with Crippen molar-refractivity contribution in [3.8, 4) is 0 Å². The summed E-state index contributed by atoms with van der Waals surface area (Å²) in [6, 6.07) is 9.38. The van der Waals surface area contributed by atoms with Crippen LogP contribution in [0.4, 0.5) is 4.79 Å². The van der Waals surface area contributed by atoms with Gasteiger partial charge < -0.3 is 10.4 Å². The Balaban J connectivity index is 0.000000200. The molecule has 0 bridgehead atoms. The van der Waals surface area contributed by atoms with Crippen LogP contribution in [0.5, 0.6) is 0 Å². The standard InChI is InChI=1S/C8H9NO2.C6H8O2/c10-8(11)9-6-7-4-2-1-3-5-7;7-5-2-1-3-6(8)4-5/h1-5,9H,6H2,(H,10,11);1-4H2. The van der Waals surface area contributed by atoms with E-state index in [2.05, 4.69) is 5.32 Å². The zero-order chi connectivity index (χ0) is 14.1. The Hall–Kier alpha value is -2.17. The quantitative estimate of drug-likeness (QED) is 0.801. The van der Waals surface area contributed by atoms with Gasteiger partial charge in [-0.25, -0.2) is 4.79 Å². The number of carbonyl (C=O) groups is 3. The molecular formula is C14H17NO4. The van der Waals surface area contributed by atoms with Crippen LogP contribution in [-0.2, 0) is 16.1 Å². The number of carbonyl (C=O) groups excluding carboxylic acids is 2. The highest BCUT2D eigenvalue weighted by Crippen LogP contribution is 2.09. The molecule has 2 rings (SSSR count). The Morgan fingerprint density at radius 2 is 1.68 bits per heavy atom. The van der Waals surface area contributed by atoms with Crippen LogP contribution >= 0.6 is 0 Å². The first kappa shape index (κ1) is 14.9. The summed E-state index contributed by atoms with van der Waals surface area (Å²) >= 11 is 0. The van der Waals surface area contributed by atoms with E-state index in [1.54, 1.807) is 0 Å². The summed E-state index contributed by atoms with van der Waals surface area (Å²) in [5, 5.41) is 10.5. The Bertz CT molecular complexity index is 428. The van der Waals surface area contributed by atoms with E-state index in [1.165, 1.54) is 0 Å². The zero-order valence-electron chi connectivity index (χ0n) is 10.6. The summed E-state index contributed by atoms with van der Waals surface area (Å²) in [5.41, 5.74) is 0.968. The fourth-order valence-corrected chi connectivity index (χ4v) is 1.65. The minimum atomic E-state index is -0.992. The third kappa shape index (κ3) is 6.98. The summed E-state index contributed by atoms with van der Waals surface area (Å²) in [6.45, 7) is 0.371. The van der Waals surface area contributed by atoms with Crippen molar-refractivity contribution in [1.29, 1.82) is 0 Å². The molecule has 2 N–H and O–H groups in total. The maximum Gasteiger partial charge on any atom is 0.404 e. The van der Waals surface area contributed by atoms with E-state index in [1.807, 2.05) is 30.3 Å². The number of amides is 1. The molecule has 0 heterocycles. The van der Waals surface area contributed by atoms with Gasteiger partial charge in [-0.15, -0.1) is 0 Å². The van der Waals surface area contributed by atoms with Crippen molar-refractivity contribution in [2.75, 3.05) is 0 Å². The van der Waals surface area contributed by atoms with Crippen LogP contribution in [0.3, 0.4) is 0 Å². The van der Waals surface area contributed by atoms with Crippen LogP contribution in [0, 0.1) is 0 Å². The van der Waals surface area contributed by atoms with Gasteiger partial charge in [0.15, 0.2) is 0 Å². The Kier molecular flexibility index (Phi) is 6.29. The predicted molar refractivity (Wildman–Crippen MR) is 69.8 cm³/mol. The smallest absolute Gasteiger partial charge is 0.404 e. The van der Waals surface area contributed by atoms with Gasteiger partial charge in [-0.2, -0.15) is 0 Å². The lowest BCUT2D eigenvalue weighted by atomic mass is 9.98. The molecule has 5 heteroatoms. The lowest BCUT2D eigenvalue weighted by Gasteiger charge is -2.04. The maximum atomic E-state index is 10.5. The van der Waals surface area contributed by atoms with E-state index >= 15 is 0 Å². The highest BCUT2D eigenvalue weighted by Gasteiger charge is 2.14. The van der Waals surface area contributed by atoms with Gasteiger partial charge in [0.2, 0.25) is 0 Å². The number of benzene rings is 1. The lowest BCUT2D eigenvalue weighted by molar-refractivity contribution is -0.129. The summed E-state index contributed by atoms with van der Waals surface area (Å²) in [5.74, 6) is 0.225. The van der Waals surface area contributed by atoms with Gasteiger partial charge in [0.25, 0.3) is 0 Å². The molecule has 1 saturated carbocycles. The number of carboxylic acid groups (broad SMARTS) is 1. The van der Waals surface area contributed by atoms with Gasteiger partial charge in [0.05, 0.1) is 6.42 Å². The highest BCUT2D eigenvalue weighted by molar-refractivity contribution is 6.01. The van der Waals surface area contributed by atoms with Crippen LogP contribution in [0.2, 0.25) is 0 Å². The van der Waals surface area contributed by atoms with Crippen LogP contribution < -0.4 is 5.32 Å². The van der Waals surface area contributed by atoms with E-state index in [0.717, 1.165) is 12.0 Å². The second-order valence-corrected chi connectivity index (χ2v) is 4.25. The minimum Gasteiger partial charge on any atom is -0.465 e. The molecule has 0 aromatic heterocycles. The monoisotopic (exact) mass is 263 g/mol. The van der Waals surface area contributed by atoms with Gasteiger partial charge in [-0.05, 0) is 12.0 Å². The Morgan fingerprint density at radius 3 is 2.11 bits per heavy atom. The Morgan fingerprint density at radius 1 is 1.11 bits per heavy atom. The third-order valence-corrected chi connectivity index (χ3v) is 2.59. The van der Waals surface area contributed by atoms with Crippen LogP contribution in [0.1, 0.15) is 31.2 Å². The molecule has 0 saturated heterocycles. The molecule has 1 aliphatic rings. The van der Waals surface area contributed by atoms with Crippen molar-refractivity contribution in [2.24, 2.45) is 0 Å². The topological polar surface area (TPSA) is 83.5 Å². The SMILES string of the molecule is O=C(O)NCc1ccccc1.O=C1CCCC(=O)C1. The molecule has 102 valence electrons. The number of hydrogen-bond acceptors (Lipinski definition) is 3. The molecule has 1 aliphatic carbocycles. The molecule has 5 nitrogen and oxygen atoms in total. The van der Waals surface area contributed by atoms with Gasteiger partial charge in [-0.1, -0.05) is 30.3 Å². The van der Waals surface area contributed by atoms with E-state index in [0.29, 0.717) is 19.4 Å². The van der Waals surface area contributed by atoms with Gasteiger partial charge in [0.1, 0.15) is 11.6 Å². The van der Waals surface area contributed by atoms with Gasteiger partial charge >= 0.3 is 6.09 Å². The largest absolute Gasteiger partial charge is 0.465 e. The molecule has 1 fully saturated rings. The average molecular weight is 263 g/mol. The normalized spacial score (nSPS) is 14.3. The summed E-state index contributed by atoms with van der Waals surface area (Å²) in [6.07, 6.45) is 1.21. The molecule has 0 spiro atoms. The summed E-state index contributed by atoms with van der Waals surface area (Å²) < 4.78 is 0. The highest BCUT2D eigenvalue weighted by atomic mass is 16.4. The second-order valence-electron chi connectivity index (χ2n) is 4.25. The van der Waals surface area contributed by atoms with Crippen LogP contribution in [0.15, 0.2) is 30.3 Å². The van der Waals surface area contributed by atoms with Crippen molar-refractivity contribution in [3.63, 3.8) is 0 Å². The minimum absolute atomic E-state index is 0.112.